The first kappa shape index (κ1) is 11.7. The van der Waals surface area contributed by atoms with Gasteiger partial charge in [-0.25, -0.2) is 4.98 Å². The molecule has 0 radical (unpaired) electrons. The van der Waals surface area contributed by atoms with E-state index in [9.17, 15) is 0 Å². The number of aromatic nitrogens is 2. The van der Waals surface area contributed by atoms with Crippen LogP contribution in [0.5, 0.6) is 0 Å². The zero-order chi connectivity index (χ0) is 12.1. The second kappa shape index (κ2) is 5.52. The van der Waals surface area contributed by atoms with Crippen molar-refractivity contribution in [2.75, 3.05) is 0 Å². The standard InChI is InChI=1S/C13H16N4/c1-2-3-6-12(17-14)13-9-15-10-7-4-5-8-11(10)16-13/h2,4-5,7-9,12,17H,1,3,6,14H2. The van der Waals surface area contributed by atoms with E-state index >= 15 is 0 Å². The number of allylic oxidation sites excluding steroid dienone is 1. The predicted molar refractivity (Wildman–Crippen MR) is 69.0 cm³/mol. The summed E-state index contributed by atoms with van der Waals surface area (Å²) in [7, 11) is 0. The maximum atomic E-state index is 5.54. The van der Waals surface area contributed by atoms with Crippen molar-refractivity contribution in [3.05, 3.63) is 48.8 Å². The smallest absolute Gasteiger partial charge is 0.0890 e. The maximum absolute atomic E-state index is 5.54. The molecule has 2 rings (SSSR count). The fourth-order valence-electron chi connectivity index (χ4n) is 1.74. The Bertz CT molecular complexity index is 510. The Morgan fingerprint density at radius 2 is 2.12 bits per heavy atom. The lowest BCUT2D eigenvalue weighted by Gasteiger charge is -2.14. The van der Waals surface area contributed by atoms with Crippen LogP contribution in [0, 0.1) is 0 Å². The van der Waals surface area contributed by atoms with Crippen LogP contribution in [-0.2, 0) is 0 Å². The Morgan fingerprint density at radius 1 is 1.35 bits per heavy atom. The lowest BCUT2D eigenvalue weighted by Crippen LogP contribution is -2.28. The molecule has 2 aromatic rings. The van der Waals surface area contributed by atoms with Crippen LogP contribution in [-0.4, -0.2) is 9.97 Å². The van der Waals surface area contributed by atoms with Crippen molar-refractivity contribution in [2.24, 2.45) is 5.84 Å². The third kappa shape index (κ3) is 2.67. The zero-order valence-corrected chi connectivity index (χ0v) is 9.63. The van der Waals surface area contributed by atoms with Crippen molar-refractivity contribution in [3.8, 4) is 0 Å². The first-order chi connectivity index (χ1) is 8.35. The molecule has 0 fully saturated rings. The highest BCUT2D eigenvalue weighted by Crippen LogP contribution is 2.17. The molecule has 0 saturated carbocycles. The molecule has 1 aromatic carbocycles. The number of rotatable bonds is 5. The van der Waals surface area contributed by atoms with Gasteiger partial charge in [0.15, 0.2) is 0 Å². The SMILES string of the molecule is C=CCCC(NN)c1cnc2ccccc2n1. The van der Waals surface area contributed by atoms with Gasteiger partial charge in [-0.1, -0.05) is 18.2 Å². The van der Waals surface area contributed by atoms with Crippen LogP contribution < -0.4 is 11.3 Å². The second-order valence-electron chi connectivity index (χ2n) is 3.87. The van der Waals surface area contributed by atoms with Crippen molar-refractivity contribution in [1.82, 2.24) is 15.4 Å². The summed E-state index contributed by atoms with van der Waals surface area (Å²) in [6.07, 6.45) is 5.41. The topological polar surface area (TPSA) is 63.8 Å². The molecule has 1 unspecified atom stereocenters. The van der Waals surface area contributed by atoms with Gasteiger partial charge in [-0.15, -0.1) is 6.58 Å². The molecular weight excluding hydrogens is 212 g/mol. The summed E-state index contributed by atoms with van der Waals surface area (Å²) in [6.45, 7) is 3.71. The van der Waals surface area contributed by atoms with Crippen LogP contribution in [0.1, 0.15) is 24.6 Å². The van der Waals surface area contributed by atoms with Gasteiger partial charge in [0.05, 0.1) is 29.0 Å². The van der Waals surface area contributed by atoms with Gasteiger partial charge in [0, 0.05) is 0 Å². The Balaban J connectivity index is 2.30. The van der Waals surface area contributed by atoms with Gasteiger partial charge >= 0.3 is 0 Å². The highest BCUT2D eigenvalue weighted by molar-refractivity contribution is 5.73. The summed E-state index contributed by atoms with van der Waals surface area (Å²) in [4.78, 5) is 8.93. The van der Waals surface area contributed by atoms with Gasteiger partial charge in [0.1, 0.15) is 0 Å². The molecule has 0 aliphatic carbocycles. The van der Waals surface area contributed by atoms with Crippen LogP contribution in [0.2, 0.25) is 0 Å². The second-order valence-corrected chi connectivity index (χ2v) is 3.87. The lowest BCUT2D eigenvalue weighted by atomic mass is 10.1. The number of benzene rings is 1. The van der Waals surface area contributed by atoms with Crippen molar-refractivity contribution in [3.63, 3.8) is 0 Å². The first-order valence-electron chi connectivity index (χ1n) is 5.64. The summed E-state index contributed by atoms with van der Waals surface area (Å²) >= 11 is 0. The fourth-order valence-corrected chi connectivity index (χ4v) is 1.74. The van der Waals surface area contributed by atoms with E-state index < -0.39 is 0 Å². The molecule has 1 atom stereocenters. The van der Waals surface area contributed by atoms with Crippen molar-refractivity contribution in [1.29, 1.82) is 0 Å². The number of nitrogens with two attached hydrogens (primary N) is 1. The number of para-hydroxylation sites is 2. The Hall–Kier alpha value is -1.78. The summed E-state index contributed by atoms with van der Waals surface area (Å²) in [5.41, 5.74) is 5.43. The van der Waals surface area contributed by atoms with Crippen molar-refractivity contribution >= 4 is 11.0 Å². The molecule has 0 bridgehead atoms. The van der Waals surface area contributed by atoms with Crippen LogP contribution in [0.4, 0.5) is 0 Å². The van der Waals surface area contributed by atoms with Crippen LogP contribution in [0.25, 0.3) is 11.0 Å². The van der Waals surface area contributed by atoms with Crippen molar-refractivity contribution in [2.45, 2.75) is 18.9 Å². The summed E-state index contributed by atoms with van der Waals surface area (Å²) in [5.74, 6) is 5.54. The van der Waals surface area contributed by atoms with Crippen LogP contribution in [0.3, 0.4) is 0 Å². The third-order valence-corrected chi connectivity index (χ3v) is 2.68. The van der Waals surface area contributed by atoms with E-state index in [0.717, 1.165) is 29.6 Å². The number of hydrogen-bond donors (Lipinski definition) is 2. The molecule has 0 amide bonds. The Kier molecular flexibility index (Phi) is 3.80. The largest absolute Gasteiger partial charge is 0.271 e. The normalized spacial score (nSPS) is 12.5. The van der Waals surface area contributed by atoms with E-state index in [1.807, 2.05) is 30.3 Å². The fraction of sp³-hybridized carbons (Fsp3) is 0.231. The monoisotopic (exact) mass is 228 g/mol. The van der Waals surface area contributed by atoms with Gasteiger partial charge in [0.25, 0.3) is 0 Å². The molecule has 88 valence electrons. The molecule has 1 heterocycles. The number of hydrogen-bond acceptors (Lipinski definition) is 4. The van der Waals surface area contributed by atoms with Gasteiger partial charge in [-0.2, -0.15) is 0 Å². The highest BCUT2D eigenvalue weighted by atomic mass is 15.2. The number of nitrogens with zero attached hydrogens (tertiary/aromatic N) is 2. The van der Waals surface area contributed by atoms with Crippen LogP contribution >= 0.6 is 0 Å². The third-order valence-electron chi connectivity index (χ3n) is 2.68. The van der Waals surface area contributed by atoms with Crippen LogP contribution in [0.15, 0.2) is 43.1 Å². The molecule has 0 spiro atoms. The molecule has 4 heteroatoms. The summed E-state index contributed by atoms with van der Waals surface area (Å²) in [5, 5.41) is 0. The lowest BCUT2D eigenvalue weighted by molar-refractivity contribution is 0.508. The van der Waals surface area contributed by atoms with E-state index in [0.29, 0.717) is 0 Å². The van der Waals surface area contributed by atoms with E-state index in [2.05, 4.69) is 22.0 Å². The molecule has 3 N–H and O–H groups in total. The van der Waals surface area contributed by atoms with E-state index in [-0.39, 0.29) is 6.04 Å². The molecule has 0 aliphatic heterocycles. The summed E-state index contributed by atoms with van der Waals surface area (Å²) < 4.78 is 0. The minimum Gasteiger partial charge on any atom is -0.271 e. The predicted octanol–water partition coefficient (Wildman–Crippen LogP) is 2.10. The number of hydrazine groups is 1. The Labute approximate surface area is 101 Å². The minimum atomic E-state index is 0.0186. The van der Waals surface area contributed by atoms with E-state index in [4.69, 9.17) is 5.84 Å². The van der Waals surface area contributed by atoms with Gasteiger partial charge in [-0.05, 0) is 25.0 Å². The number of nitrogens with one attached hydrogen (secondary N) is 1. The van der Waals surface area contributed by atoms with Gasteiger partial charge in [0.2, 0.25) is 0 Å². The molecular formula is C13H16N4. The van der Waals surface area contributed by atoms with E-state index in [1.54, 1.807) is 6.20 Å². The van der Waals surface area contributed by atoms with Gasteiger partial charge < -0.3 is 0 Å². The average molecular weight is 228 g/mol. The van der Waals surface area contributed by atoms with Gasteiger partial charge in [-0.3, -0.25) is 16.3 Å². The molecule has 4 nitrogen and oxygen atoms in total. The van der Waals surface area contributed by atoms with Crippen molar-refractivity contribution < 1.29 is 0 Å². The Morgan fingerprint density at radius 3 is 2.82 bits per heavy atom. The number of fused-ring (bicyclic) bond motifs is 1. The molecule has 0 aliphatic rings. The first-order valence-corrected chi connectivity index (χ1v) is 5.64. The molecule has 17 heavy (non-hydrogen) atoms. The molecule has 0 saturated heterocycles. The minimum absolute atomic E-state index is 0.0186. The quantitative estimate of drug-likeness (QED) is 0.467. The molecule has 1 aromatic heterocycles. The zero-order valence-electron chi connectivity index (χ0n) is 9.63. The maximum Gasteiger partial charge on any atom is 0.0890 e. The average Bonchev–Trinajstić information content (AvgIpc) is 2.39. The highest BCUT2D eigenvalue weighted by Gasteiger charge is 2.11. The summed E-state index contributed by atoms with van der Waals surface area (Å²) in [6, 6.07) is 7.82. The van der Waals surface area contributed by atoms with E-state index in [1.165, 1.54) is 0 Å².